The highest BCUT2D eigenvalue weighted by Crippen LogP contribution is 2.18. The lowest BCUT2D eigenvalue weighted by Gasteiger charge is -2.13. The molecule has 0 aromatic heterocycles. The Balaban J connectivity index is 2.10. The molecule has 0 amide bonds. The van der Waals surface area contributed by atoms with Crippen molar-refractivity contribution in [2.75, 3.05) is 26.0 Å². The van der Waals surface area contributed by atoms with Crippen molar-refractivity contribution >= 4 is 10.0 Å². The molecule has 0 saturated heterocycles. The van der Waals surface area contributed by atoms with Gasteiger partial charge >= 0.3 is 0 Å². The molecule has 1 atom stereocenters. The molecular weight excluding hydrogens is 240 g/mol. The number of nitrogens with one attached hydrogen (secondary N) is 2. The highest BCUT2D eigenvalue weighted by Gasteiger charge is 2.20. The van der Waals surface area contributed by atoms with Crippen molar-refractivity contribution in [3.05, 3.63) is 0 Å². The molecule has 0 spiro atoms. The van der Waals surface area contributed by atoms with E-state index in [-0.39, 0.29) is 11.8 Å². The number of hydrogen-bond donors (Lipinski definition) is 2. The molecule has 2 N–H and O–H groups in total. The Labute approximate surface area is 104 Å². The van der Waals surface area contributed by atoms with Crippen molar-refractivity contribution in [1.29, 1.82) is 0 Å². The van der Waals surface area contributed by atoms with Crippen LogP contribution in [0, 0.1) is 0 Å². The van der Waals surface area contributed by atoms with Crippen molar-refractivity contribution in [2.45, 2.75) is 44.7 Å². The summed E-state index contributed by atoms with van der Waals surface area (Å²) in [6.07, 6.45) is 3.84. The average molecular weight is 264 g/mol. The van der Waals surface area contributed by atoms with Crippen LogP contribution >= 0.6 is 0 Å². The Kier molecular flexibility index (Phi) is 6.40. The predicted molar refractivity (Wildman–Crippen MR) is 68.5 cm³/mol. The molecule has 0 aliphatic heterocycles. The highest BCUT2D eigenvalue weighted by atomic mass is 32.2. The fourth-order valence-corrected chi connectivity index (χ4v) is 2.95. The van der Waals surface area contributed by atoms with Crippen LogP contribution in [-0.2, 0) is 14.8 Å². The van der Waals surface area contributed by atoms with E-state index in [1.165, 1.54) is 12.8 Å². The van der Waals surface area contributed by atoms with Gasteiger partial charge in [0.05, 0.1) is 5.75 Å². The fourth-order valence-electron chi connectivity index (χ4n) is 1.57. The van der Waals surface area contributed by atoms with Crippen LogP contribution in [0.25, 0.3) is 0 Å². The largest absolute Gasteiger partial charge is 0.385 e. The molecule has 5 nitrogen and oxygen atoms in total. The van der Waals surface area contributed by atoms with Crippen molar-refractivity contribution in [2.24, 2.45) is 0 Å². The van der Waals surface area contributed by atoms with E-state index in [2.05, 4.69) is 10.0 Å². The summed E-state index contributed by atoms with van der Waals surface area (Å²) >= 11 is 0. The summed E-state index contributed by atoms with van der Waals surface area (Å²) in [4.78, 5) is 0. The van der Waals surface area contributed by atoms with Crippen LogP contribution in [0.5, 0.6) is 0 Å². The zero-order valence-electron chi connectivity index (χ0n) is 10.7. The maximum atomic E-state index is 11.7. The summed E-state index contributed by atoms with van der Waals surface area (Å²) in [7, 11) is -1.52. The third-order valence-corrected chi connectivity index (χ3v) is 4.32. The normalized spacial score (nSPS) is 18.2. The smallest absolute Gasteiger partial charge is 0.211 e. The Morgan fingerprint density at radius 3 is 2.71 bits per heavy atom. The van der Waals surface area contributed by atoms with E-state index in [4.69, 9.17) is 4.74 Å². The minimum Gasteiger partial charge on any atom is -0.385 e. The second kappa shape index (κ2) is 7.31. The Morgan fingerprint density at radius 2 is 2.12 bits per heavy atom. The van der Waals surface area contributed by atoms with Gasteiger partial charge in [0.1, 0.15) is 0 Å². The SMILES string of the molecule is COCCC(C)NS(=O)(=O)CCCNC1CC1. The molecule has 1 fully saturated rings. The molecule has 0 aromatic rings. The van der Waals surface area contributed by atoms with E-state index in [1.807, 2.05) is 6.92 Å². The number of ether oxygens (including phenoxy) is 1. The third kappa shape index (κ3) is 7.70. The molecule has 0 bridgehead atoms. The van der Waals surface area contributed by atoms with E-state index in [9.17, 15) is 8.42 Å². The van der Waals surface area contributed by atoms with Gasteiger partial charge in [0.2, 0.25) is 10.0 Å². The summed E-state index contributed by atoms with van der Waals surface area (Å²) < 4.78 is 30.9. The lowest BCUT2D eigenvalue weighted by molar-refractivity contribution is 0.188. The van der Waals surface area contributed by atoms with Crippen LogP contribution in [0.4, 0.5) is 0 Å². The number of sulfonamides is 1. The second-order valence-electron chi connectivity index (χ2n) is 4.70. The van der Waals surface area contributed by atoms with Gasteiger partial charge in [-0.1, -0.05) is 0 Å². The Bertz CT molecular complexity index is 302. The van der Waals surface area contributed by atoms with E-state index >= 15 is 0 Å². The van der Waals surface area contributed by atoms with Crippen LogP contribution < -0.4 is 10.0 Å². The number of methoxy groups -OCH3 is 1. The Morgan fingerprint density at radius 1 is 1.41 bits per heavy atom. The van der Waals surface area contributed by atoms with Gasteiger partial charge in [0.15, 0.2) is 0 Å². The van der Waals surface area contributed by atoms with Crippen LogP contribution in [-0.4, -0.2) is 46.5 Å². The van der Waals surface area contributed by atoms with Gasteiger partial charge in [-0.05, 0) is 39.2 Å². The summed E-state index contributed by atoms with van der Waals surface area (Å²) in [5.74, 6) is 0.198. The molecule has 0 aromatic carbocycles. The molecule has 1 saturated carbocycles. The van der Waals surface area contributed by atoms with E-state index in [1.54, 1.807) is 7.11 Å². The fraction of sp³-hybridized carbons (Fsp3) is 1.00. The molecule has 0 radical (unpaired) electrons. The van der Waals surface area contributed by atoms with Crippen molar-refractivity contribution in [3.8, 4) is 0 Å². The predicted octanol–water partition coefficient (Wildman–Crippen LogP) is 0.473. The average Bonchev–Trinajstić information content (AvgIpc) is 3.05. The van der Waals surface area contributed by atoms with Gasteiger partial charge in [-0.25, -0.2) is 13.1 Å². The quantitative estimate of drug-likeness (QED) is 0.563. The van der Waals surface area contributed by atoms with Gasteiger partial charge in [-0.15, -0.1) is 0 Å². The van der Waals surface area contributed by atoms with Crippen LogP contribution in [0.15, 0.2) is 0 Å². The first-order valence-electron chi connectivity index (χ1n) is 6.26. The summed E-state index contributed by atoms with van der Waals surface area (Å²) in [6, 6.07) is 0.586. The monoisotopic (exact) mass is 264 g/mol. The minimum absolute atomic E-state index is 0.0589. The number of hydrogen-bond acceptors (Lipinski definition) is 4. The molecule has 0 heterocycles. The van der Waals surface area contributed by atoms with Crippen LogP contribution in [0.1, 0.15) is 32.6 Å². The Hall–Kier alpha value is -0.170. The molecule has 102 valence electrons. The molecule has 6 heteroatoms. The lowest BCUT2D eigenvalue weighted by atomic mass is 10.3. The van der Waals surface area contributed by atoms with Gasteiger partial charge in [-0.3, -0.25) is 0 Å². The van der Waals surface area contributed by atoms with Gasteiger partial charge in [-0.2, -0.15) is 0 Å². The molecule has 1 aliphatic rings. The lowest BCUT2D eigenvalue weighted by Crippen LogP contribution is -2.35. The van der Waals surface area contributed by atoms with Gasteiger partial charge in [0.25, 0.3) is 0 Å². The summed E-state index contributed by atoms with van der Waals surface area (Å²) in [5, 5.41) is 3.30. The minimum atomic E-state index is -3.13. The first-order chi connectivity index (χ1) is 8.03. The van der Waals surface area contributed by atoms with E-state index < -0.39 is 10.0 Å². The topological polar surface area (TPSA) is 67.4 Å². The maximum absolute atomic E-state index is 11.7. The zero-order chi connectivity index (χ0) is 12.7. The zero-order valence-corrected chi connectivity index (χ0v) is 11.6. The molecule has 1 rings (SSSR count). The first-order valence-corrected chi connectivity index (χ1v) is 7.91. The summed E-state index contributed by atoms with van der Waals surface area (Å²) in [5.41, 5.74) is 0. The van der Waals surface area contributed by atoms with Crippen molar-refractivity contribution in [3.63, 3.8) is 0 Å². The maximum Gasteiger partial charge on any atom is 0.211 e. The third-order valence-electron chi connectivity index (χ3n) is 2.74. The van der Waals surface area contributed by atoms with E-state index in [0.717, 1.165) is 6.54 Å². The molecular formula is C11H24N2O3S. The van der Waals surface area contributed by atoms with Crippen LogP contribution in [0.3, 0.4) is 0 Å². The molecule has 1 aliphatic carbocycles. The van der Waals surface area contributed by atoms with Gasteiger partial charge < -0.3 is 10.1 Å². The van der Waals surface area contributed by atoms with Crippen molar-refractivity contribution < 1.29 is 13.2 Å². The number of rotatable bonds is 10. The molecule has 17 heavy (non-hydrogen) atoms. The summed E-state index contributed by atoms with van der Waals surface area (Å²) in [6.45, 7) is 3.23. The standard InChI is InChI=1S/C11H24N2O3S/c1-10(6-8-16-2)13-17(14,15)9-3-7-12-11-4-5-11/h10-13H,3-9H2,1-2H3. The van der Waals surface area contributed by atoms with Crippen molar-refractivity contribution in [1.82, 2.24) is 10.0 Å². The second-order valence-corrected chi connectivity index (χ2v) is 6.57. The van der Waals surface area contributed by atoms with Crippen LogP contribution in [0.2, 0.25) is 0 Å². The van der Waals surface area contributed by atoms with E-state index in [0.29, 0.717) is 25.5 Å². The highest BCUT2D eigenvalue weighted by molar-refractivity contribution is 7.89. The first kappa shape index (κ1) is 14.9. The van der Waals surface area contributed by atoms with Gasteiger partial charge in [0, 0.05) is 25.8 Å². The molecule has 1 unspecified atom stereocenters.